The lowest BCUT2D eigenvalue weighted by Gasteiger charge is -2.46. The molecular formula is C26H31F2N3O3. The van der Waals surface area contributed by atoms with Gasteiger partial charge < -0.3 is 9.84 Å². The van der Waals surface area contributed by atoms with Crippen molar-refractivity contribution in [1.82, 2.24) is 14.8 Å². The van der Waals surface area contributed by atoms with Crippen molar-refractivity contribution in [2.75, 3.05) is 13.2 Å². The topological polar surface area (TPSA) is 80.1 Å². The van der Waals surface area contributed by atoms with Crippen LogP contribution >= 0.6 is 0 Å². The van der Waals surface area contributed by atoms with E-state index in [-0.39, 0.29) is 23.8 Å². The Hall–Kier alpha value is -2.84. The summed E-state index contributed by atoms with van der Waals surface area (Å²) in [4.78, 5) is 12.2. The van der Waals surface area contributed by atoms with E-state index in [2.05, 4.69) is 22.3 Å². The van der Waals surface area contributed by atoms with Gasteiger partial charge in [-0.15, -0.1) is 0 Å². The third-order valence-corrected chi connectivity index (χ3v) is 7.34. The van der Waals surface area contributed by atoms with Gasteiger partial charge >= 0.3 is 5.69 Å². The first-order valence-corrected chi connectivity index (χ1v) is 11.6. The fraction of sp³-hybridized carbons (Fsp3) is 0.462. The summed E-state index contributed by atoms with van der Waals surface area (Å²) in [5.74, 6) is 0. The van der Waals surface area contributed by atoms with Crippen molar-refractivity contribution in [3.05, 3.63) is 87.6 Å². The molecule has 0 aliphatic heterocycles. The first-order valence-electron chi connectivity index (χ1n) is 11.6. The minimum atomic E-state index is -0.709. The molecule has 1 aromatic heterocycles. The number of nitrogens with one attached hydrogen (secondary N) is 1. The summed E-state index contributed by atoms with van der Waals surface area (Å²) in [7, 11) is 0. The summed E-state index contributed by atoms with van der Waals surface area (Å²) >= 11 is 0. The largest absolute Gasteiger partial charge is 0.394 e. The van der Waals surface area contributed by atoms with Crippen molar-refractivity contribution >= 4 is 0 Å². The molecule has 0 amide bonds. The summed E-state index contributed by atoms with van der Waals surface area (Å²) in [5.41, 5.74) is 1.40. The zero-order valence-electron chi connectivity index (χ0n) is 19.3. The Balaban J connectivity index is 1.58. The number of hydrogen-bond donors (Lipinski definition) is 2. The lowest BCUT2D eigenvalue weighted by atomic mass is 9.64. The predicted octanol–water partition coefficient (Wildman–Crippen LogP) is 4.49. The van der Waals surface area contributed by atoms with E-state index < -0.39 is 18.9 Å². The van der Waals surface area contributed by atoms with Gasteiger partial charge in [0.25, 0.3) is 0 Å². The van der Waals surface area contributed by atoms with Gasteiger partial charge in [0.05, 0.1) is 24.9 Å². The van der Waals surface area contributed by atoms with Gasteiger partial charge in [0, 0.05) is 5.41 Å². The molecule has 0 unspecified atom stereocenters. The van der Waals surface area contributed by atoms with Crippen LogP contribution < -0.4 is 5.69 Å². The second-order valence-corrected chi connectivity index (χ2v) is 9.36. The van der Waals surface area contributed by atoms with Gasteiger partial charge in [0.2, 0.25) is 0 Å². The van der Waals surface area contributed by atoms with Crippen LogP contribution in [0.4, 0.5) is 8.78 Å². The number of hydrogen-bond acceptors (Lipinski definition) is 4. The van der Waals surface area contributed by atoms with Crippen LogP contribution in [0.25, 0.3) is 0 Å². The highest BCUT2D eigenvalue weighted by Crippen LogP contribution is 2.46. The monoisotopic (exact) mass is 471 g/mol. The van der Waals surface area contributed by atoms with Gasteiger partial charge in [0.1, 0.15) is 19.7 Å². The third-order valence-electron chi connectivity index (χ3n) is 7.34. The van der Waals surface area contributed by atoms with Gasteiger partial charge in [-0.05, 0) is 54.9 Å². The average molecular weight is 472 g/mol. The summed E-state index contributed by atoms with van der Waals surface area (Å²) in [6, 6.07) is 15.1. The van der Waals surface area contributed by atoms with Gasteiger partial charge in [-0.3, -0.25) is 4.57 Å². The molecule has 1 atom stereocenters. The SMILES string of the molecule is C[C@@H](OC[C@]1(c2ccccc2)CC[C@@](CO)(n2cn[nH]c2=O)CC1)c1cc(CF)cc(CF)c1. The Bertz CT molecular complexity index is 1120. The second kappa shape index (κ2) is 10.2. The summed E-state index contributed by atoms with van der Waals surface area (Å²) in [6.45, 7) is 0.835. The smallest absolute Gasteiger partial charge is 0.343 e. The number of aliphatic hydroxyl groups is 1. The number of ether oxygens (including phenoxy) is 1. The molecule has 1 saturated carbocycles. The van der Waals surface area contributed by atoms with Gasteiger partial charge in [-0.2, -0.15) is 5.10 Å². The highest BCUT2D eigenvalue weighted by molar-refractivity contribution is 5.31. The molecular weight excluding hydrogens is 440 g/mol. The van der Waals surface area contributed by atoms with E-state index in [1.165, 1.54) is 17.0 Å². The molecule has 1 heterocycles. The van der Waals surface area contributed by atoms with E-state index in [4.69, 9.17) is 4.74 Å². The van der Waals surface area contributed by atoms with Crippen molar-refractivity contribution in [1.29, 1.82) is 0 Å². The molecule has 8 heteroatoms. The maximum Gasteiger partial charge on any atom is 0.343 e. The maximum atomic E-state index is 13.3. The van der Waals surface area contributed by atoms with E-state index in [1.807, 2.05) is 25.1 Å². The predicted molar refractivity (Wildman–Crippen MR) is 125 cm³/mol. The first-order chi connectivity index (χ1) is 16.4. The molecule has 2 aromatic carbocycles. The highest BCUT2D eigenvalue weighted by Gasteiger charge is 2.45. The fourth-order valence-electron chi connectivity index (χ4n) is 5.12. The van der Waals surface area contributed by atoms with E-state index in [0.29, 0.717) is 43.4 Å². The van der Waals surface area contributed by atoms with Crippen LogP contribution in [0, 0.1) is 0 Å². The second-order valence-electron chi connectivity index (χ2n) is 9.36. The van der Waals surface area contributed by atoms with Crippen LogP contribution in [0.1, 0.15) is 61.0 Å². The van der Waals surface area contributed by atoms with Crippen molar-refractivity contribution < 1.29 is 18.6 Å². The molecule has 1 fully saturated rings. The molecule has 6 nitrogen and oxygen atoms in total. The van der Waals surface area contributed by atoms with E-state index in [9.17, 15) is 18.7 Å². The molecule has 1 aliphatic rings. The highest BCUT2D eigenvalue weighted by atomic mass is 19.1. The number of nitrogens with zero attached hydrogens (tertiary/aromatic N) is 2. The number of halogens is 2. The van der Waals surface area contributed by atoms with Crippen LogP contribution in [-0.2, 0) is 29.0 Å². The summed E-state index contributed by atoms with van der Waals surface area (Å²) in [6.07, 6.45) is 3.66. The van der Waals surface area contributed by atoms with Gasteiger partial charge in [-0.25, -0.2) is 18.7 Å². The number of aromatic nitrogens is 3. The number of H-pyrrole nitrogens is 1. The van der Waals surface area contributed by atoms with Gasteiger partial charge in [-0.1, -0.05) is 48.5 Å². The van der Waals surface area contributed by atoms with E-state index in [1.54, 1.807) is 12.1 Å². The average Bonchev–Trinajstić information content (AvgIpc) is 3.34. The van der Waals surface area contributed by atoms with Crippen molar-refractivity contribution in [2.24, 2.45) is 0 Å². The number of alkyl halides is 2. The maximum absolute atomic E-state index is 13.3. The standard InChI is InChI=1S/C26H31F2N3O3/c1-19(22-12-20(14-27)11-21(13-22)15-28)34-17-25(23-5-3-2-4-6-23)7-9-26(16-32,10-8-25)31-18-29-30-24(31)33/h2-6,11-13,18-19,32H,7-10,14-17H2,1H3,(H,30,33)/t19-,25-,26+/m1/s1. The van der Waals surface area contributed by atoms with Crippen molar-refractivity contribution in [3.63, 3.8) is 0 Å². The third kappa shape index (κ3) is 4.70. The molecule has 0 saturated heterocycles. The zero-order chi connectivity index (χ0) is 24.2. The summed E-state index contributed by atoms with van der Waals surface area (Å²) in [5, 5.41) is 16.5. The Morgan fingerprint density at radius 2 is 1.74 bits per heavy atom. The molecule has 34 heavy (non-hydrogen) atoms. The Labute approximate surface area is 197 Å². The van der Waals surface area contributed by atoms with Crippen molar-refractivity contribution in [2.45, 2.75) is 63.0 Å². The van der Waals surface area contributed by atoms with Crippen LogP contribution in [0.15, 0.2) is 59.7 Å². The molecule has 0 spiro atoms. The van der Waals surface area contributed by atoms with Crippen LogP contribution in [0.3, 0.4) is 0 Å². The molecule has 4 rings (SSSR count). The van der Waals surface area contributed by atoms with E-state index in [0.717, 1.165) is 11.1 Å². The Kier molecular flexibility index (Phi) is 7.28. The number of aromatic amines is 1. The molecule has 1 aliphatic carbocycles. The lowest BCUT2D eigenvalue weighted by molar-refractivity contribution is -0.0122. The van der Waals surface area contributed by atoms with Crippen LogP contribution in [-0.4, -0.2) is 33.1 Å². The molecule has 2 N–H and O–H groups in total. The zero-order valence-corrected chi connectivity index (χ0v) is 19.3. The van der Waals surface area contributed by atoms with Crippen LogP contribution in [0.2, 0.25) is 0 Å². The number of aliphatic hydroxyl groups excluding tert-OH is 1. The molecule has 182 valence electrons. The van der Waals surface area contributed by atoms with Crippen LogP contribution in [0.5, 0.6) is 0 Å². The van der Waals surface area contributed by atoms with Gasteiger partial charge in [0.15, 0.2) is 0 Å². The summed E-state index contributed by atoms with van der Waals surface area (Å²) < 4.78 is 34.4. The Morgan fingerprint density at radius 3 is 2.26 bits per heavy atom. The quantitative estimate of drug-likeness (QED) is 0.482. The number of benzene rings is 2. The number of rotatable bonds is 9. The first kappa shape index (κ1) is 24.3. The van der Waals surface area contributed by atoms with E-state index >= 15 is 0 Å². The molecule has 0 radical (unpaired) electrons. The normalized spacial score (nSPS) is 23.6. The fourth-order valence-corrected chi connectivity index (χ4v) is 5.12. The molecule has 3 aromatic rings. The van der Waals surface area contributed by atoms with Crippen molar-refractivity contribution in [3.8, 4) is 0 Å². The Morgan fingerprint density at radius 1 is 1.09 bits per heavy atom. The minimum absolute atomic E-state index is 0.156. The lowest BCUT2D eigenvalue weighted by Crippen LogP contribution is -2.50. The minimum Gasteiger partial charge on any atom is -0.394 e. The molecule has 0 bridgehead atoms.